The number of nitriles is 1. The molecule has 0 saturated carbocycles. The molecule has 96 valence electrons. The van der Waals surface area contributed by atoms with Gasteiger partial charge in [0.05, 0.1) is 28.2 Å². The van der Waals surface area contributed by atoms with E-state index in [-0.39, 0.29) is 11.3 Å². The summed E-state index contributed by atoms with van der Waals surface area (Å²) in [5.74, 6) is -0.593. The number of hydrogen-bond donors (Lipinski definition) is 0. The molecule has 0 bridgehead atoms. The third-order valence-corrected chi connectivity index (χ3v) is 3.14. The zero-order chi connectivity index (χ0) is 13.8. The third-order valence-electron chi connectivity index (χ3n) is 2.44. The van der Waals surface area contributed by atoms with Gasteiger partial charge in [-0.2, -0.15) is 5.26 Å². The number of anilines is 2. The van der Waals surface area contributed by atoms with Gasteiger partial charge >= 0.3 is 0 Å². The molecular formula is C13H8FN2O2S-. The zero-order valence-electron chi connectivity index (χ0n) is 9.62. The largest absolute Gasteiger partial charge is 0.755 e. The third kappa shape index (κ3) is 2.78. The summed E-state index contributed by atoms with van der Waals surface area (Å²) in [5.41, 5.74) is 0.440. The van der Waals surface area contributed by atoms with E-state index >= 15 is 0 Å². The van der Waals surface area contributed by atoms with Crippen LogP contribution in [0.4, 0.5) is 15.8 Å². The van der Waals surface area contributed by atoms with Crippen LogP contribution in [0.2, 0.25) is 0 Å². The smallest absolute Gasteiger partial charge is 0.124 e. The number of benzene rings is 2. The molecule has 0 aliphatic carbocycles. The Kier molecular flexibility index (Phi) is 3.90. The Bertz CT molecular complexity index is 655. The van der Waals surface area contributed by atoms with Crippen LogP contribution < -0.4 is 4.31 Å². The highest BCUT2D eigenvalue weighted by molar-refractivity contribution is 7.81. The summed E-state index contributed by atoms with van der Waals surface area (Å²) in [6.45, 7) is 0. The van der Waals surface area contributed by atoms with Crippen molar-refractivity contribution in [1.29, 1.82) is 5.26 Å². The van der Waals surface area contributed by atoms with Gasteiger partial charge in [-0.1, -0.05) is 18.2 Å². The molecule has 0 spiro atoms. The molecule has 2 rings (SSSR count). The number of para-hydroxylation sites is 1. The van der Waals surface area contributed by atoms with E-state index in [9.17, 15) is 13.2 Å². The summed E-state index contributed by atoms with van der Waals surface area (Å²) in [4.78, 5) is 0. The first-order valence-corrected chi connectivity index (χ1v) is 6.31. The standard InChI is InChI=1S/C13H9FN2O2S/c14-11-6-7-13(10(8-11)9-15)16(19(17)18)12-4-2-1-3-5-12/h1-8H,(H,17,18)/p-1. The number of halogens is 1. The maximum atomic E-state index is 13.1. The molecule has 0 heterocycles. The summed E-state index contributed by atoms with van der Waals surface area (Å²) < 4.78 is 36.8. The lowest BCUT2D eigenvalue weighted by molar-refractivity contribution is 0.537. The minimum absolute atomic E-state index is 0.0481. The fourth-order valence-electron chi connectivity index (χ4n) is 1.64. The number of nitrogens with zero attached hydrogens (tertiary/aromatic N) is 2. The minimum atomic E-state index is -2.61. The van der Waals surface area contributed by atoms with Crippen LogP contribution in [0, 0.1) is 17.1 Å². The molecule has 2 aromatic carbocycles. The molecule has 0 fully saturated rings. The average molecular weight is 275 g/mol. The summed E-state index contributed by atoms with van der Waals surface area (Å²) in [5, 5.41) is 8.98. The van der Waals surface area contributed by atoms with Gasteiger partial charge in [-0.3, -0.25) is 8.51 Å². The van der Waals surface area contributed by atoms with Crippen LogP contribution in [0.3, 0.4) is 0 Å². The molecule has 1 unspecified atom stereocenters. The van der Waals surface area contributed by atoms with Crippen molar-refractivity contribution < 1.29 is 13.2 Å². The minimum Gasteiger partial charge on any atom is -0.755 e. The molecule has 6 heteroatoms. The van der Waals surface area contributed by atoms with E-state index in [4.69, 9.17) is 5.26 Å². The SMILES string of the molecule is N#Cc1cc(F)ccc1N(c1ccccc1)S(=O)[O-]. The lowest BCUT2D eigenvalue weighted by Gasteiger charge is -2.27. The van der Waals surface area contributed by atoms with E-state index in [1.165, 1.54) is 6.07 Å². The first kappa shape index (κ1) is 13.2. The van der Waals surface area contributed by atoms with E-state index in [0.717, 1.165) is 16.4 Å². The molecule has 1 atom stereocenters. The second-order valence-corrected chi connectivity index (χ2v) is 4.42. The van der Waals surface area contributed by atoms with Gasteiger partial charge in [0.25, 0.3) is 0 Å². The highest BCUT2D eigenvalue weighted by Crippen LogP contribution is 2.29. The van der Waals surface area contributed by atoms with Crippen LogP contribution in [0.25, 0.3) is 0 Å². The Morgan fingerprint density at radius 3 is 2.47 bits per heavy atom. The summed E-state index contributed by atoms with van der Waals surface area (Å²) in [6, 6.07) is 13.4. The van der Waals surface area contributed by atoms with Crippen LogP contribution in [0.1, 0.15) is 5.56 Å². The van der Waals surface area contributed by atoms with Crippen molar-refractivity contribution in [2.75, 3.05) is 4.31 Å². The Hall–Kier alpha value is -2.23. The predicted molar refractivity (Wildman–Crippen MR) is 68.6 cm³/mol. The summed E-state index contributed by atoms with van der Waals surface area (Å²) in [7, 11) is 0. The molecule has 0 aromatic heterocycles. The Balaban J connectivity index is 2.59. The Morgan fingerprint density at radius 1 is 1.21 bits per heavy atom. The van der Waals surface area contributed by atoms with E-state index in [0.29, 0.717) is 5.69 Å². The highest BCUT2D eigenvalue weighted by Gasteiger charge is 2.14. The molecular weight excluding hydrogens is 267 g/mol. The van der Waals surface area contributed by atoms with Crippen molar-refractivity contribution in [2.45, 2.75) is 0 Å². The van der Waals surface area contributed by atoms with Gasteiger partial charge in [-0.05, 0) is 30.3 Å². The van der Waals surface area contributed by atoms with E-state index < -0.39 is 17.1 Å². The molecule has 0 N–H and O–H groups in total. The van der Waals surface area contributed by atoms with Crippen LogP contribution in [0.5, 0.6) is 0 Å². The van der Waals surface area contributed by atoms with Crippen molar-refractivity contribution in [3.05, 3.63) is 59.9 Å². The van der Waals surface area contributed by atoms with E-state index in [1.54, 1.807) is 36.4 Å². The quantitative estimate of drug-likeness (QED) is 0.809. The fraction of sp³-hybridized carbons (Fsp3) is 0. The van der Waals surface area contributed by atoms with Crippen molar-refractivity contribution in [1.82, 2.24) is 0 Å². The first-order valence-electron chi connectivity index (χ1n) is 5.27. The van der Waals surface area contributed by atoms with Gasteiger partial charge in [0.15, 0.2) is 0 Å². The lowest BCUT2D eigenvalue weighted by atomic mass is 10.2. The first-order chi connectivity index (χ1) is 9.13. The van der Waals surface area contributed by atoms with E-state index in [2.05, 4.69) is 0 Å². The molecule has 19 heavy (non-hydrogen) atoms. The van der Waals surface area contributed by atoms with Crippen LogP contribution in [-0.2, 0) is 11.3 Å². The van der Waals surface area contributed by atoms with Gasteiger partial charge in [-0.15, -0.1) is 0 Å². The number of hydrogen-bond acceptors (Lipinski definition) is 3. The van der Waals surface area contributed by atoms with E-state index in [1.807, 2.05) is 0 Å². The van der Waals surface area contributed by atoms with Crippen LogP contribution in [-0.4, -0.2) is 8.76 Å². The van der Waals surface area contributed by atoms with Gasteiger partial charge in [0.2, 0.25) is 0 Å². The lowest BCUT2D eigenvalue weighted by Crippen LogP contribution is -2.20. The van der Waals surface area contributed by atoms with Gasteiger partial charge in [0, 0.05) is 0 Å². The zero-order valence-corrected chi connectivity index (χ0v) is 10.4. The maximum Gasteiger partial charge on any atom is 0.124 e. The van der Waals surface area contributed by atoms with Gasteiger partial charge in [-0.25, -0.2) is 4.39 Å². The summed E-state index contributed by atoms with van der Waals surface area (Å²) >= 11 is -2.61. The maximum absolute atomic E-state index is 13.1. The second kappa shape index (κ2) is 5.61. The second-order valence-electron chi connectivity index (χ2n) is 3.62. The fourth-order valence-corrected chi connectivity index (χ4v) is 2.26. The molecule has 0 saturated heterocycles. The van der Waals surface area contributed by atoms with Crippen LogP contribution >= 0.6 is 0 Å². The monoisotopic (exact) mass is 275 g/mol. The molecule has 0 aliphatic heterocycles. The molecule has 4 nitrogen and oxygen atoms in total. The predicted octanol–water partition coefficient (Wildman–Crippen LogP) is 2.63. The Labute approximate surface area is 112 Å². The molecule has 0 aliphatic rings. The van der Waals surface area contributed by atoms with Gasteiger partial charge in [0.1, 0.15) is 11.9 Å². The summed E-state index contributed by atoms with van der Waals surface area (Å²) in [6.07, 6.45) is 0. The van der Waals surface area contributed by atoms with Gasteiger partial charge < -0.3 is 4.55 Å². The molecule has 2 aromatic rings. The highest BCUT2D eigenvalue weighted by atomic mass is 32.2. The van der Waals surface area contributed by atoms with Crippen molar-refractivity contribution in [3.8, 4) is 6.07 Å². The van der Waals surface area contributed by atoms with Crippen molar-refractivity contribution in [2.24, 2.45) is 0 Å². The van der Waals surface area contributed by atoms with Crippen molar-refractivity contribution in [3.63, 3.8) is 0 Å². The van der Waals surface area contributed by atoms with Crippen LogP contribution in [0.15, 0.2) is 48.5 Å². The topological polar surface area (TPSA) is 67.2 Å². The molecule has 0 radical (unpaired) electrons. The Morgan fingerprint density at radius 2 is 1.89 bits per heavy atom. The van der Waals surface area contributed by atoms with Crippen molar-refractivity contribution >= 4 is 22.6 Å². The normalized spacial score (nSPS) is 11.6. The molecule has 0 amide bonds. The number of rotatable bonds is 3. The average Bonchev–Trinajstić information content (AvgIpc) is 2.41.